The zero-order chi connectivity index (χ0) is 10.1. The third-order valence-electron chi connectivity index (χ3n) is 2.01. The van der Waals surface area contributed by atoms with Gasteiger partial charge in [0.1, 0.15) is 5.15 Å². The lowest BCUT2D eigenvalue weighted by Gasteiger charge is -2.06. The third kappa shape index (κ3) is 1.56. The first-order valence-corrected chi connectivity index (χ1v) is 5.31. The highest BCUT2D eigenvalue weighted by Gasteiger charge is 2.10. The fourth-order valence-electron chi connectivity index (χ4n) is 1.30. The quantitative estimate of drug-likeness (QED) is 0.540. The van der Waals surface area contributed by atoms with E-state index < -0.39 is 0 Å². The summed E-state index contributed by atoms with van der Waals surface area (Å²) in [6.45, 7) is 0. The summed E-state index contributed by atoms with van der Waals surface area (Å²) < 4.78 is 0. The van der Waals surface area contributed by atoms with E-state index >= 15 is 0 Å². The van der Waals surface area contributed by atoms with Gasteiger partial charge in [0.05, 0.1) is 16.4 Å². The van der Waals surface area contributed by atoms with E-state index in [1.807, 2.05) is 24.3 Å². The number of aromatic nitrogens is 1. The maximum atomic E-state index is 6.14. The molecule has 0 aliphatic heterocycles. The van der Waals surface area contributed by atoms with Crippen molar-refractivity contribution in [3.8, 4) is 0 Å². The molecule has 1 nitrogen and oxygen atoms in total. The third-order valence-corrected chi connectivity index (χ3v) is 3.02. The molecular weight excluding hydrogens is 240 g/mol. The molecule has 0 saturated heterocycles. The van der Waals surface area contributed by atoms with Gasteiger partial charge in [-0.05, 0) is 6.07 Å². The molecule has 0 fully saturated rings. The van der Waals surface area contributed by atoms with Crippen molar-refractivity contribution in [2.45, 2.75) is 5.88 Å². The minimum Gasteiger partial charge on any atom is -0.236 e. The van der Waals surface area contributed by atoms with Crippen LogP contribution in [0, 0.1) is 0 Å². The molecule has 0 aliphatic rings. The van der Waals surface area contributed by atoms with Crippen LogP contribution in [0.25, 0.3) is 10.9 Å². The number of hydrogen-bond donors (Lipinski definition) is 0. The minimum absolute atomic E-state index is 0.273. The lowest BCUT2D eigenvalue weighted by molar-refractivity contribution is 1.30. The Morgan fingerprint density at radius 3 is 2.57 bits per heavy atom. The van der Waals surface area contributed by atoms with Crippen molar-refractivity contribution in [3.63, 3.8) is 0 Å². The van der Waals surface area contributed by atoms with Gasteiger partial charge >= 0.3 is 0 Å². The molecule has 0 spiro atoms. The molecular formula is C10H6Cl3N. The van der Waals surface area contributed by atoms with Crippen LogP contribution in [0.4, 0.5) is 0 Å². The van der Waals surface area contributed by atoms with Crippen molar-refractivity contribution < 1.29 is 0 Å². The normalized spacial score (nSPS) is 10.8. The molecule has 1 aromatic heterocycles. The standard InChI is InChI=1S/C10H6Cl3N/c11-5-7-9(12)6-3-1-2-4-8(6)14-10(7)13/h1-4H,5H2. The van der Waals surface area contributed by atoms with Gasteiger partial charge in [0.2, 0.25) is 0 Å². The summed E-state index contributed by atoms with van der Waals surface area (Å²) >= 11 is 17.8. The summed E-state index contributed by atoms with van der Waals surface area (Å²) in [4.78, 5) is 4.20. The Labute approximate surface area is 96.6 Å². The first-order chi connectivity index (χ1) is 6.74. The SMILES string of the molecule is ClCc1c(Cl)nc2ccccc2c1Cl. The molecule has 2 aromatic rings. The number of rotatable bonds is 1. The highest BCUT2D eigenvalue weighted by atomic mass is 35.5. The maximum Gasteiger partial charge on any atom is 0.135 e. The van der Waals surface area contributed by atoms with Gasteiger partial charge in [0.25, 0.3) is 0 Å². The molecule has 0 amide bonds. The van der Waals surface area contributed by atoms with Gasteiger partial charge in [-0.15, -0.1) is 11.6 Å². The molecule has 0 N–H and O–H groups in total. The van der Waals surface area contributed by atoms with E-state index in [-0.39, 0.29) is 5.88 Å². The molecule has 4 heteroatoms. The number of halogens is 3. The van der Waals surface area contributed by atoms with Crippen molar-refractivity contribution in [2.75, 3.05) is 0 Å². The first kappa shape index (κ1) is 10.0. The average molecular weight is 247 g/mol. The van der Waals surface area contributed by atoms with Gasteiger partial charge in [-0.1, -0.05) is 41.4 Å². The van der Waals surface area contributed by atoms with E-state index in [1.54, 1.807) is 0 Å². The van der Waals surface area contributed by atoms with Crippen molar-refractivity contribution >= 4 is 45.7 Å². The van der Waals surface area contributed by atoms with Crippen LogP contribution in [0.5, 0.6) is 0 Å². The van der Waals surface area contributed by atoms with Crippen LogP contribution < -0.4 is 0 Å². The molecule has 14 heavy (non-hydrogen) atoms. The Bertz CT molecular complexity index is 482. The van der Waals surface area contributed by atoms with Gasteiger partial charge in [0, 0.05) is 10.9 Å². The van der Waals surface area contributed by atoms with Crippen LogP contribution in [0.1, 0.15) is 5.56 Å². The number of alkyl halides is 1. The fraction of sp³-hybridized carbons (Fsp3) is 0.100. The highest BCUT2D eigenvalue weighted by Crippen LogP contribution is 2.31. The molecule has 1 heterocycles. The zero-order valence-corrected chi connectivity index (χ0v) is 9.37. The molecule has 72 valence electrons. The number of hydrogen-bond acceptors (Lipinski definition) is 1. The Balaban J connectivity index is 2.86. The lowest BCUT2D eigenvalue weighted by atomic mass is 10.2. The van der Waals surface area contributed by atoms with Gasteiger partial charge in [0.15, 0.2) is 0 Å². The predicted octanol–water partition coefficient (Wildman–Crippen LogP) is 4.28. The fourth-order valence-corrected chi connectivity index (χ4v) is 2.31. The van der Waals surface area contributed by atoms with Gasteiger partial charge in [-0.25, -0.2) is 4.98 Å². The Morgan fingerprint density at radius 2 is 1.86 bits per heavy atom. The molecule has 0 atom stereocenters. The van der Waals surface area contributed by atoms with Gasteiger partial charge < -0.3 is 0 Å². The van der Waals surface area contributed by atoms with Crippen LogP contribution in [0.2, 0.25) is 10.2 Å². The van der Waals surface area contributed by atoms with Crippen molar-refractivity contribution in [3.05, 3.63) is 40.0 Å². The largest absolute Gasteiger partial charge is 0.236 e. The molecule has 0 saturated carbocycles. The van der Waals surface area contributed by atoms with E-state index in [9.17, 15) is 0 Å². The second-order valence-corrected chi connectivity index (χ2v) is 3.85. The Morgan fingerprint density at radius 1 is 1.14 bits per heavy atom. The van der Waals surface area contributed by atoms with Gasteiger partial charge in [-0.2, -0.15) is 0 Å². The molecule has 1 aromatic carbocycles. The van der Waals surface area contributed by atoms with E-state index in [0.29, 0.717) is 15.7 Å². The van der Waals surface area contributed by atoms with Crippen LogP contribution in [0.15, 0.2) is 24.3 Å². The lowest BCUT2D eigenvalue weighted by Crippen LogP contribution is -1.89. The monoisotopic (exact) mass is 245 g/mol. The predicted molar refractivity (Wildman–Crippen MR) is 61.3 cm³/mol. The van der Waals surface area contributed by atoms with E-state index in [0.717, 1.165) is 10.9 Å². The van der Waals surface area contributed by atoms with Crippen LogP contribution in [0.3, 0.4) is 0 Å². The first-order valence-electron chi connectivity index (χ1n) is 4.02. The Hall–Kier alpha value is -0.500. The second-order valence-electron chi connectivity index (χ2n) is 2.85. The van der Waals surface area contributed by atoms with Crippen LogP contribution >= 0.6 is 34.8 Å². The molecule has 0 aliphatic carbocycles. The summed E-state index contributed by atoms with van der Waals surface area (Å²) in [6, 6.07) is 7.56. The molecule has 2 rings (SSSR count). The van der Waals surface area contributed by atoms with E-state index in [1.165, 1.54) is 0 Å². The number of pyridine rings is 1. The molecule has 0 unspecified atom stereocenters. The van der Waals surface area contributed by atoms with Crippen LogP contribution in [-0.4, -0.2) is 4.98 Å². The summed E-state index contributed by atoms with van der Waals surface area (Å²) in [5, 5.41) is 1.86. The number of benzene rings is 1. The van der Waals surface area contributed by atoms with E-state index in [4.69, 9.17) is 34.8 Å². The van der Waals surface area contributed by atoms with Gasteiger partial charge in [-0.3, -0.25) is 0 Å². The summed E-state index contributed by atoms with van der Waals surface area (Å²) in [7, 11) is 0. The summed E-state index contributed by atoms with van der Waals surface area (Å²) in [5.41, 5.74) is 1.48. The van der Waals surface area contributed by atoms with E-state index in [2.05, 4.69) is 4.98 Å². The van der Waals surface area contributed by atoms with Crippen LogP contribution in [-0.2, 0) is 5.88 Å². The smallest absolute Gasteiger partial charge is 0.135 e. The van der Waals surface area contributed by atoms with Crippen molar-refractivity contribution in [1.29, 1.82) is 0 Å². The molecule has 0 radical (unpaired) electrons. The van der Waals surface area contributed by atoms with Crippen molar-refractivity contribution in [1.82, 2.24) is 4.98 Å². The average Bonchev–Trinajstić information content (AvgIpc) is 2.18. The Kier molecular flexibility index (Phi) is 2.82. The topological polar surface area (TPSA) is 12.9 Å². The maximum absolute atomic E-state index is 6.14. The zero-order valence-electron chi connectivity index (χ0n) is 7.10. The minimum atomic E-state index is 0.273. The number of fused-ring (bicyclic) bond motifs is 1. The summed E-state index contributed by atoms with van der Waals surface area (Å²) in [5.74, 6) is 0.273. The van der Waals surface area contributed by atoms with Crippen molar-refractivity contribution in [2.24, 2.45) is 0 Å². The second kappa shape index (κ2) is 3.93. The number of nitrogens with zero attached hydrogens (tertiary/aromatic N) is 1. The molecule has 0 bridgehead atoms. The summed E-state index contributed by atoms with van der Waals surface area (Å²) in [6.07, 6.45) is 0. The highest BCUT2D eigenvalue weighted by molar-refractivity contribution is 6.40. The number of para-hydroxylation sites is 1.